The van der Waals surface area contributed by atoms with Crippen molar-refractivity contribution in [3.05, 3.63) is 76.7 Å². The van der Waals surface area contributed by atoms with Crippen LogP contribution in [-0.2, 0) is 21.7 Å². The van der Waals surface area contributed by atoms with Gasteiger partial charge in [-0.1, -0.05) is 35.5 Å². The molecule has 0 N–H and O–H groups in total. The Morgan fingerprint density at radius 2 is 1.90 bits per heavy atom. The molecule has 0 fully saturated rings. The van der Waals surface area contributed by atoms with Gasteiger partial charge in [0, 0.05) is 28.4 Å². The molecule has 4 rings (SSSR count). The number of esters is 1. The van der Waals surface area contributed by atoms with Gasteiger partial charge in [-0.25, -0.2) is 4.79 Å². The Labute approximate surface area is 185 Å². The first kappa shape index (κ1) is 21.2. The molecule has 0 saturated heterocycles. The van der Waals surface area contributed by atoms with E-state index in [1.807, 2.05) is 50.2 Å². The monoisotopic (exact) mass is 436 g/mol. The summed E-state index contributed by atoms with van der Waals surface area (Å²) < 4.78 is 10.8. The van der Waals surface area contributed by atoms with Gasteiger partial charge in [0.2, 0.25) is 0 Å². The number of para-hydroxylation sites is 1. The number of fused-ring (bicyclic) bond motifs is 1. The van der Waals surface area contributed by atoms with E-state index < -0.39 is 12.1 Å². The highest BCUT2D eigenvalue weighted by Gasteiger charge is 2.30. The third kappa shape index (κ3) is 4.37. The van der Waals surface area contributed by atoms with Crippen LogP contribution in [0.3, 0.4) is 0 Å². The topological polar surface area (TPSA) is 72.6 Å². The summed E-state index contributed by atoms with van der Waals surface area (Å²) in [7, 11) is 0. The summed E-state index contributed by atoms with van der Waals surface area (Å²) in [5, 5.41) is 3.98. The molecule has 0 saturated carbocycles. The Bertz CT molecular complexity index is 1100. The molecule has 0 aliphatic carbocycles. The molecule has 0 radical (unpaired) electrons. The van der Waals surface area contributed by atoms with E-state index in [1.165, 1.54) is 11.8 Å². The Balaban J connectivity index is 1.45. The minimum absolute atomic E-state index is 0.209. The number of aryl methyl sites for hydroxylation is 2. The van der Waals surface area contributed by atoms with E-state index in [4.69, 9.17) is 9.26 Å². The highest BCUT2D eigenvalue weighted by atomic mass is 32.2. The molecular weight excluding hydrogens is 412 g/mol. The second-order valence-electron chi connectivity index (χ2n) is 7.50. The fraction of sp³-hybridized carbons (Fsp3) is 0.292. The van der Waals surface area contributed by atoms with Crippen LogP contribution in [0.2, 0.25) is 0 Å². The van der Waals surface area contributed by atoms with Crippen LogP contribution in [0.15, 0.2) is 57.9 Å². The molecule has 0 spiro atoms. The van der Waals surface area contributed by atoms with Crippen LogP contribution >= 0.6 is 11.8 Å². The predicted molar refractivity (Wildman–Crippen MR) is 119 cm³/mol. The number of aromatic nitrogens is 1. The fourth-order valence-corrected chi connectivity index (χ4v) is 4.87. The summed E-state index contributed by atoms with van der Waals surface area (Å²) >= 11 is 1.52. The van der Waals surface area contributed by atoms with Crippen LogP contribution in [0, 0.1) is 13.8 Å². The summed E-state index contributed by atoms with van der Waals surface area (Å²) in [6.45, 7) is 6.00. The van der Waals surface area contributed by atoms with Crippen molar-refractivity contribution in [2.75, 3.05) is 11.4 Å². The Kier molecular flexibility index (Phi) is 6.13. The van der Waals surface area contributed by atoms with Crippen molar-refractivity contribution in [3.8, 4) is 0 Å². The van der Waals surface area contributed by atoms with Crippen molar-refractivity contribution in [2.45, 2.75) is 43.9 Å². The normalized spacial score (nSPS) is 13.7. The van der Waals surface area contributed by atoms with Gasteiger partial charge in [0.25, 0.3) is 5.91 Å². The third-order valence-corrected chi connectivity index (χ3v) is 6.54. The van der Waals surface area contributed by atoms with Gasteiger partial charge in [0.05, 0.1) is 11.3 Å². The molecular formula is C24H24N2O4S. The molecule has 1 aliphatic rings. The maximum absolute atomic E-state index is 12.9. The number of hydrogen-bond acceptors (Lipinski definition) is 6. The SMILES string of the molecule is Cc1noc(C)c1CSc1ccccc1C(=O)OC(C)C(=O)N1CCc2ccccc21. The summed E-state index contributed by atoms with van der Waals surface area (Å²) in [5.74, 6) is 0.689. The molecule has 2 heterocycles. The van der Waals surface area contributed by atoms with Gasteiger partial charge in [-0.2, -0.15) is 0 Å². The lowest BCUT2D eigenvalue weighted by molar-refractivity contribution is -0.126. The van der Waals surface area contributed by atoms with E-state index in [0.717, 1.165) is 39.6 Å². The molecule has 1 aromatic heterocycles. The number of ether oxygens (including phenoxy) is 1. The number of carbonyl (C=O) groups excluding carboxylic acids is 2. The third-order valence-electron chi connectivity index (χ3n) is 5.44. The Morgan fingerprint density at radius 1 is 1.16 bits per heavy atom. The fourth-order valence-electron chi connectivity index (χ4n) is 3.68. The van der Waals surface area contributed by atoms with Crippen molar-refractivity contribution >= 4 is 29.3 Å². The molecule has 1 aliphatic heterocycles. The first-order chi connectivity index (χ1) is 15.0. The zero-order chi connectivity index (χ0) is 22.0. The van der Waals surface area contributed by atoms with Crippen LogP contribution in [-0.4, -0.2) is 29.7 Å². The number of nitrogens with zero attached hydrogens (tertiary/aromatic N) is 2. The second kappa shape index (κ2) is 8.98. The Hall–Kier alpha value is -3.06. The van der Waals surface area contributed by atoms with E-state index in [-0.39, 0.29) is 5.91 Å². The van der Waals surface area contributed by atoms with Gasteiger partial charge >= 0.3 is 5.97 Å². The van der Waals surface area contributed by atoms with Gasteiger partial charge in [-0.05, 0) is 51.0 Å². The van der Waals surface area contributed by atoms with E-state index in [2.05, 4.69) is 5.16 Å². The standard InChI is InChI=1S/C24H24N2O4S/c1-15-20(16(2)30-25-15)14-31-22-11-7-5-9-19(22)24(28)29-17(3)23(27)26-13-12-18-8-4-6-10-21(18)26/h4-11,17H,12-14H2,1-3H3. The van der Waals surface area contributed by atoms with Crippen LogP contribution in [0.1, 0.15) is 39.9 Å². The zero-order valence-corrected chi connectivity index (χ0v) is 18.6. The van der Waals surface area contributed by atoms with E-state index in [9.17, 15) is 9.59 Å². The first-order valence-corrected chi connectivity index (χ1v) is 11.2. The first-order valence-electron chi connectivity index (χ1n) is 10.2. The van der Waals surface area contributed by atoms with Crippen molar-refractivity contribution in [2.24, 2.45) is 0 Å². The van der Waals surface area contributed by atoms with Crippen LogP contribution in [0.4, 0.5) is 5.69 Å². The molecule has 3 aromatic rings. The van der Waals surface area contributed by atoms with Gasteiger partial charge in [-0.3, -0.25) is 4.79 Å². The molecule has 6 nitrogen and oxygen atoms in total. The average Bonchev–Trinajstić information content (AvgIpc) is 3.35. The lowest BCUT2D eigenvalue weighted by Gasteiger charge is -2.22. The van der Waals surface area contributed by atoms with Crippen LogP contribution in [0.5, 0.6) is 0 Å². The summed E-state index contributed by atoms with van der Waals surface area (Å²) in [4.78, 5) is 28.3. The maximum atomic E-state index is 12.9. The molecule has 7 heteroatoms. The van der Waals surface area contributed by atoms with E-state index in [0.29, 0.717) is 17.9 Å². The maximum Gasteiger partial charge on any atom is 0.340 e. The molecule has 0 bridgehead atoms. The molecule has 2 aromatic carbocycles. The van der Waals surface area contributed by atoms with Gasteiger partial charge in [-0.15, -0.1) is 11.8 Å². The summed E-state index contributed by atoms with van der Waals surface area (Å²) in [5.41, 5.74) is 4.33. The molecule has 1 amide bonds. The van der Waals surface area contributed by atoms with Gasteiger partial charge in [0.1, 0.15) is 5.76 Å². The number of anilines is 1. The number of carbonyl (C=O) groups is 2. The molecule has 1 atom stereocenters. The smallest absolute Gasteiger partial charge is 0.340 e. The largest absolute Gasteiger partial charge is 0.449 e. The zero-order valence-electron chi connectivity index (χ0n) is 17.8. The van der Waals surface area contributed by atoms with E-state index >= 15 is 0 Å². The summed E-state index contributed by atoms with van der Waals surface area (Å²) in [6.07, 6.45) is -0.0664. The minimum atomic E-state index is -0.876. The molecule has 31 heavy (non-hydrogen) atoms. The van der Waals surface area contributed by atoms with Crippen molar-refractivity contribution in [3.63, 3.8) is 0 Å². The molecule has 1 unspecified atom stereocenters. The van der Waals surface area contributed by atoms with Crippen LogP contribution in [0.25, 0.3) is 0 Å². The van der Waals surface area contributed by atoms with Crippen molar-refractivity contribution in [1.82, 2.24) is 5.16 Å². The van der Waals surface area contributed by atoms with Crippen LogP contribution < -0.4 is 4.90 Å². The number of hydrogen-bond donors (Lipinski definition) is 0. The highest BCUT2D eigenvalue weighted by Crippen LogP contribution is 2.30. The molecule has 160 valence electrons. The number of amides is 1. The second-order valence-corrected chi connectivity index (χ2v) is 8.52. The van der Waals surface area contributed by atoms with Crippen molar-refractivity contribution < 1.29 is 18.8 Å². The average molecular weight is 437 g/mol. The van der Waals surface area contributed by atoms with E-state index in [1.54, 1.807) is 24.0 Å². The minimum Gasteiger partial charge on any atom is -0.449 e. The Morgan fingerprint density at radius 3 is 2.68 bits per heavy atom. The predicted octanol–water partition coefficient (Wildman–Crippen LogP) is 4.72. The van der Waals surface area contributed by atoms with Crippen molar-refractivity contribution in [1.29, 1.82) is 0 Å². The lowest BCUT2D eigenvalue weighted by atomic mass is 10.2. The summed E-state index contributed by atoms with van der Waals surface area (Å²) in [6, 6.07) is 15.1. The highest BCUT2D eigenvalue weighted by molar-refractivity contribution is 7.98. The quantitative estimate of drug-likeness (QED) is 0.411. The number of rotatable bonds is 6. The number of benzene rings is 2. The lowest BCUT2D eigenvalue weighted by Crippen LogP contribution is -2.39. The number of thioether (sulfide) groups is 1. The van der Waals surface area contributed by atoms with Gasteiger partial charge in [0.15, 0.2) is 6.10 Å². The van der Waals surface area contributed by atoms with Gasteiger partial charge < -0.3 is 14.2 Å².